The van der Waals surface area contributed by atoms with Gasteiger partial charge < -0.3 is 10.2 Å². The van der Waals surface area contributed by atoms with Gasteiger partial charge in [0.15, 0.2) is 0 Å². The smallest absolute Gasteiger partial charge is 0.384 e. The second-order valence-corrected chi connectivity index (χ2v) is 4.96. The summed E-state index contributed by atoms with van der Waals surface area (Å²) in [7, 11) is 0. The molecule has 1 fully saturated rings. The normalized spacial score (nSPS) is 16.1. The van der Waals surface area contributed by atoms with Gasteiger partial charge in [-0.05, 0) is 38.1 Å². The number of nitrogens with zero attached hydrogens (tertiary/aromatic N) is 2. The van der Waals surface area contributed by atoms with Gasteiger partial charge in [0.25, 0.3) is 5.69 Å². The molecule has 0 bridgehead atoms. The van der Waals surface area contributed by atoms with Crippen molar-refractivity contribution in [2.75, 3.05) is 31.5 Å². The van der Waals surface area contributed by atoms with Crippen LogP contribution >= 0.6 is 0 Å². The van der Waals surface area contributed by atoms with E-state index in [9.17, 15) is 23.3 Å². The third-order valence-electron chi connectivity index (χ3n) is 3.45. The van der Waals surface area contributed by atoms with Crippen molar-refractivity contribution in [3.63, 3.8) is 0 Å². The summed E-state index contributed by atoms with van der Waals surface area (Å²) in [6.45, 7) is 3.28. The maximum Gasteiger partial charge on any atom is 0.423 e. The Morgan fingerprint density at radius 3 is 2.52 bits per heavy atom. The molecule has 0 spiro atoms. The van der Waals surface area contributed by atoms with Crippen LogP contribution in [-0.2, 0) is 6.18 Å². The molecule has 0 amide bonds. The molecule has 0 saturated carbocycles. The Balaban J connectivity index is 2.04. The number of alkyl halides is 3. The summed E-state index contributed by atoms with van der Waals surface area (Å²) in [5, 5.41) is 13.5. The number of rotatable bonds is 5. The minimum absolute atomic E-state index is 0.243. The molecule has 0 atom stereocenters. The molecule has 1 saturated heterocycles. The second kappa shape index (κ2) is 6.30. The third kappa shape index (κ3) is 4.07. The highest BCUT2D eigenvalue weighted by molar-refractivity contribution is 5.55. The first-order valence-electron chi connectivity index (χ1n) is 6.70. The van der Waals surface area contributed by atoms with E-state index in [1.807, 2.05) is 0 Å². The van der Waals surface area contributed by atoms with Crippen molar-refractivity contribution in [1.82, 2.24) is 4.90 Å². The molecule has 21 heavy (non-hydrogen) atoms. The second-order valence-electron chi connectivity index (χ2n) is 4.96. The van der Waals surface area contributed by atoms with Gasteiger partial charge in [-0.2, -0.15) is 13.2 Å². The Bertz CT molecular complexity index is 514. The van der Waals surface area contributed by atoms with Crippen molar-refractivity contribution >= 4 is 11.4 Å². The molecule has 1 N–H and O–H groups in total. The Hall–Kier alpha value is -1.83. The fourth-order valence-corrected chi connectivity index (χ4v) is 2.40. The van der Waals surface area contributed by atoms with Crippen LogP contribution in [0.4, 0.5) is 24.5 Å². The molecule has 2 rings (SSSR count). The molecule has 0 aliphatic carbocycles. The lowest BCUT2D eigenvalue weighted by molar-refractivity contribution is -0.388. The van der Waals surface area contributed by atoms with Crippen LogP contribution in [0.1, 0.15) is 18.4 Å². The van der Waals surface area contributed by atoms with Crippen LogP contribution in [0, 0.1) is 10.1 Å². The Morgan fingerprint density at radius 2 is 1.95 bits per heavy atom. The van der Waals surface area contributed by atoms with Crippen LogP contribution in [0.2, 0.25) is 0 Å². The lowest BCUT2D eigenvalue weighted by Crippen LogP contribution is -2.26. The molecule has 0 aromatic heterocycles. The summed E-state index contributed by atoms with van der Waals surface area (Å²) in [4.78, 5) is 11.9. The fourth-order valence-electron chi connectivity index (χ4n) is 2.40. The van der Waals surface area contributed by atoms with Gasteiger partial charge in [0.2, 0.25) is 0 Å². The maximum atomic E-state index is 12.8. The number of hydrogen-bond acceptors (Lipinski definition) is 4. The number of benzene rings is 1. The monoisotopic (exact) mass is 303 g/mol. The van der Waals surface area contributed by atoms with Crippen molar-refractivity contribution < 1.29 is 18.1 Å². The van der Waals surface area contributed by atoms with E-state index in [-0.39, 0.29) is 5.69 Å². The quantitative estimate of drug-likeness (QED) is 0.670. The van der Waals surface area contributed by atoms with Gasteiger partial charge in [-0.25, -0.2) is 0 Å². The van der Waals surface area contributed by atoms with E-state index in [1.54, 1.807) is 0 Å². The number of halogens is 3. The number of nitrogens with one attached hydrogen (secondary N) is 1. The van der Waals surface area contributed by atoms with Crippen molar-refractivity contribution in [2.45, 2.75) is 19.0 Å². The molecular weight excluding hydrogens is 287 g/mol. The highest BCUT2D eigenvalue weighted by Crippen LogP contribution is 2.37. The minimum atomic E-state index is -4.74. The molecule has 1 aliphatic rings. The van der Waals surface area contributed by atoms with Gasteiger partial charge >= 0.3 is 6.18 Å². The van der Waals surface area contributed by atoms with E-state index in [4.69, 9.17) is 0 Å². The average molecular weight is 303 g/mol. The van der Waals surface area contributed by atoms with Gasteiger partial charge in [-0.3, -0.25) is 10.1 Å². The Kier molecular flexibility index (Phi) is 4.66. The number of nitro benzene ring substituents is 1. The van der Waals surface area contributed by atoms with E-state index < -0.39 is 22.4 Å². The van der Waals surface area contributed by atoms with Crippen molar-refractivity contribution in [1.29, 1.82) is 0 Å². The van der Waals surface area contributed by atoms with E-state index in [0.717, 1.165) is 44.6 Å². The average Bonchev–Trinajstić information content (AvgIpc) is 2.90. The molecule has 116 valence electrons. The summed E-state index contributed by atoms with van der Waals surface area (Å²) in [5.41, 5.74) is -1.90. The van der Waals surface area contributed by atoms with Gasteiger partial charge in [0.1, 0.15) is 5.56 Å². The maximum absolute atomic E-state index is 12.8. The third-order valence-corrected chi connectivity index (χ3v) is 3.45. The van der Waals surface area contributed by atoms with Gasteiger partial charge in [0.05, 0.1) is 4.92 Å². The predicted molar refractivity (Wildman–Crippen MR) is 72.3 cm³/mol. The van der Waals surface area contributed by atoms with Crippen LogP contribution < -0.4 is 5.32 Å². The zero-order valence-electron chi connectivity index (χ0n) is 11.3. The Labute approximate surface area is 119 Å². The van der Waals surface area contributed by atoms with Crippen LogP contribution in [-0.4, -0.2) is 36.0 Å². The molecule has 0 radical (unpaired) electrons. The van der Waals surface area contributed by atoms with Crippen LogP contribution in [0.15, 0.2) is 18.2 Å². The Morgan fingerprint density at radius 1 is 1.29 bits per heavy atom. The van der Waals surface area contributed by atoms with Crippen molar-refractivity contribution in [3.05, 3.63) is 33.9 Å². The van der Waals surface area contributed by atoms with Gasteiger partial charge in [-0.1, -0.05) is 0 Å². The topological polar surface area (TPSA) is 58.4 Å². The molecule has 1 aromatic rings. The first-order valence-corrected chi connectivity index (χ1v) is 6.70. The van der Waals surface area contributed by atoms with Crippen LogP contribution in [0.25, 0.3) is 0 Å². The zero-order valence-corrected chi connectivity index (χ0v) is 11.3. The largest absolute Gasteiger partial charge is 0.423 e. The summed E-state index contributed by atoms with van der Waals surface area (Å²) in [6, 6.07) is 2.99. The number of likely N-dealkylation sites (tertiary alicyclic amines) is 1. The first-order chi connectivity index (χ1) is 9.88. The molecular formula is C13H16F3N3O2. The minimum Gasteiger partial charge on any atom is -0.384 e. The summed E-state index contributed by atoms with van der Waals surface area (Å²) in [5.74, 6) is 0. The standard InChI is InChI=1S/C13H16F3N3O2/c14-13(15,16)11-9-10(3-4-12(11)19(20)21)17-5-8-18-6-1-2-7-18/h3-4,9,17H,1-2,5-8H2. The lowest BCUT2D eigenvalue weighted by Gasteiger charge is -2.16. The predicted octanol–water partition coefficient (Wildman–Crippen LogP) is 3.12. The number of hydrogen-bond donors (Lipinski definition) is 1. The number of nitro groups is 1. The van der Waals surface area contributed by atoms with E-state index in [0.29, 0.717) is 6.54 Å². The SMILES string of the molecule is O=[N+]([O-])c1ccc(NCCN2CCCC2)cc1C(F)(F)F. The first kappa shape index (κ1) is 15.6. The number of anilines is 1. The van der Waals surface area contributed by atoms with Crippen LogP contribution in [0.5, 0.6) is 0 Å². The van der Waals surface area contributed by atoms with E-state index in [1.165, 1.54) is 6.07 Å². The van der Waals surface area contributed by atoms with Crippen LogP contribution in [0.3, 0.4) is 0 Å². The van der Waals surface area contributed by atoms with E-state index >= 15 is 0 Å². The fraction of sp³-hybridized carbons (Fsp3) is 0.538. The van der Waals surface area contributed by atoms with E-state index in [2.05, 4.69) is 10.2 Å². The van der Waals surface area contributed by atoms with Crippen molar-refractivity contribution in [3.8, 4) is 0 Å². The molecule has 1 aromatic carbocycles. The summed E-state index contributed by atoms with van der Waals surface area (Å²) in [6.07, 6.45) is -2.44. The summed E-state index contributed by atoms with van der Waals surface area (Å²) >= 11 is 0. The molecule has 8 heteroatoms. The van der Waals surface area contributed by atoms with Gasteiger partial charge in [0, 0.05) is 24.8 Å². The summed E-state index contributed by atoms with van der Waals surface area (Å²) < 4.78 is 38.4. The van der Waals surface area contributed by atoms with Crippen molar-refractivity contribution in [2.24, 2.45) is 0 Å². The molecule has 1 heterocycles. The highest BCUT2D eigenvalue weighted by atomic mass is 19.4. The molecule has 1 aliphatic heterocycles. The molecule has 5 nitrogen and oxygen atoms in total. The zero-order chi connectivity index (χ0) is 15.5. The lowest BCUT2D eigenvalue weighted by atomic mass is 10.1. The highest BCUT2D eigenvalue weighted by Gasteiger charge is 2.38. The molecule has 0 unspecified atom stereocenters. The van der Waals surface area contributed by atoms with Gasteiger partial charge in [-0.15, -0.1) is 0 Å².